The van der Waals surface area contributed by atoms with Crippen molar-refractivity contribution in [1.82, 2.24) is 0 Å². The molecule has 0 heterocycles. The number of carbonyl (C=O) groups is 3. The maximum Gasteiger partial charge on any atom is 0.309 e. The first-order valence-electron chi connectivity index (χ1n) is 23.2. The Kier molecular flexibility index (Phi) is 43.1. The van der Waals surface area contributed by atoms with Crippen molar-refractivity contribution in [3.63, 3.8) is 0 Å². The van der Waals surface area contributed by atoms with Crippen LogP contribution in [0.2, 0.25) is 0 Å². The molecule has 0 fully saturated rings. The van der Waals surface area contributed by atoms with E-state index in [0.29, 0.717) is 6.42 Å². The van der Waals surface area contributed by atoms with Crippen molar-refractivity contribution in [2.45, 2.75) is 200 Å². The van der Waals surface area contributed by atoms with Gasteiger partial charge in [0, 0.05) is 12.8 Å². The lowest BCUT2D eigenvalue weighted by Crippen LogP contribution is -2.30. The fraction of sp³-hybridized carbons (Fsp3) is 0.635. The highest BCUT2D eigenvalue weighted by atomic mass is 16.6. The number of hydrogen-bond acceptors (Lipinski definition) is 6. The molecule has 6 heteroatoms. The van der Waals surface area contributed by atoms with Crippen molar-refractivity contribution in [1.29, 1.82) is 0 Å². The summed E-state index contributed by atoms with van der Waals surface area (Å²) < 4.78 is 16.5. The maximum absolute atomic E-state index is 12.7. The summed E-state index contributed by atoms with van der Waals surface area (Å²) in [5.74, 6) is -1.14. The molecule has 6 nitrogen and oxygen atoms in total. The highest BCUT2D eigenvalue weighted by Gasteiger charge is 2.19. The van der Waals surface area contributed by atoms with E-state index in [-0.39, 0.29) is 44.4 Å². The standard InChI is InChI=1S/C52H84O6/c1-4-7-10-13-16-19-21-23-25-26-27-29-30-33-36-39-42-45-51(54)57-48-49(47-56-50(53)44-41-38-35-32-18-15-12-9-6-3)58-52(55)46-43-40-37-34-31-28-24-22-20-17-14-11-8-5-2/h9,12,16,18-19,23,25,27-29,31-33,36,38,41,49H,4-8,10-11,13-15,17,20-22,24,26,30,34-35,37,39-40,42-48H2,1-3H3/b12-9-,19-16-,25-23-,29-27-,31-28-,32-18-,36-33-,41-38-. The molecular formula is C52H84O6. The van der Waals surface area contributed by atoms with Crippen molar-refractivity contribution >= 4 is 17.9 Å². The van der Waals surface area contributed by atoms with E-state index < -0.39 is 12.1 Å². The third-order valence-electron chi connectivity index (χ3n) is 9.32. The number of unbranched alkanes of at least 4 members (excludes halogenated alkanes) is 14. The predicted molar refractivity (Wildman–Crippen MR) is 247 cm³/mol. The third kappa shape index (κ3) is 43.5. The summed E-state index contributed by atoms with van der Waals surface area (Å²) in [6.45, 7) is 6.30. The summed E-state index contributed by atoms with van der Waals surface area (Å²) in [4.78, 5) is 37.6. The quantitative estimate of drug-likeness (QED) is 0.0266. The molecule has 0 aliphatic rings. The molecule has 1 unspecified atom stereocenters. The van der Waals surface area contributed by atoms with Crippen molar-refractivity contribution in [2.75, 3.05) is 13.2 Å². The van der Waals surface area contributed by atoms with Crippen molar-refractivity contribution in [3.05, 3.63) is 97.2 Å². The van der Waals surface area contributed by atoms with E-state index >= 15 is 0 Å². The van der Waals surface area contributed by atoms with Crippen LogP contribution in [-0.2, 0) is 28.6 Å². The number of esters is 3. The molecule has 0 bridgehead atoms. The first-order chi connectivity index (χ1) is 28.5. The highest BCUT2D eigenvalue weighted by molar-refractivity contribution is 5.72. The Morgan fingerprint density at radius 2 is 0.759 bits per heavy atom. The van der Waals surface area contributed by atoms with Crippen LogP contribution >= 0.6 is 0 Å². The second-order valence-corrected chi connectivity index (χ2v) is 14.9. The minimum absolute atomic E-state index is 0.120. The van der Waals surface area contributed by atoms with Crippen LogP contribution in [0.5, 0.6) is 0 Å². The Balaban J connectivity index is 4.54. The second-order valence-electron chi connectivity index (χ2n) is 14.9. The summed E-state index contributed by atoms with van der Waals surface area (Å²) in [7, 11) is 0. The Labute approximate surface area is 356 Å². The molecular weight excluding hydrogens is 721 g/mol. The van der Waals surface area contributed by atoms with Gasteiger partial charge in [0.2, 0.25) is 0 Å². The van der Waals surface area contributed by atoms with Gasteiger partial charge in [-0.1, -0.05) is 176 Å². The van der Waals surface area contributed by atoms with Crippen LogP contribution < -0.4 is 0 Å². The summed E-state index contributed by atoms with van der Waals surface area (Å²) in [5, 5.41) is 0. The second kappa shape index (κ2) is 46.0. The van der Waals surface area contributed by atoms with Gasteiger partial charge in [-0.2, -0.15) is 0 Å². The molecule has 0 amide bonds. The molecule has 0 radical (unpaired) electrons. The topological polar surface area (TPSA) is 78.9 Å². The van der Waals surface area contributed by atoms with Gasteiger partial charge in [-0.25, -0.2) is 0 Å². The molecule has 0 saturated heterocycles. The normalized spacial score (nSPS) is 12.9. The van der Waals surface area contributed by atoms with Gasteiger partial charge < -0.3 is 14.2 Å². The first-order valence-corrected chi connectivity index (χ1v) is 23.2. The largest absolute Gasteiger partial charge is 0.462 e. The molecule has 0 spiro atoms. The predicted octanol–water partition coefficient (Wildman–Crippen LogP) is 15.0. The monoisotopic (exact) mass is 805 g/mol. The lowest BCUT2D eigenvalue weighted by Gasteiger charge is -2.18. The first kappa shape index (κ1) is 54.3. The molecule has 0 aromatic rings. The zero-order valence-corrected chi connectivity index (χ0v) is 37.3. The van der Waals surface area contributed by atoms with Crippen LogP contribution in [0.15, 0.2) is 97.2 Å². The number of allylic oxidation sites excluding steroid dienone is 15. The van der Waals surface area contributed by atoms with E-state index in [1.807, 2.05) is 6.08 Å². The van der Waals surface area contributed by atoms with Crippen molar-refractivity contribution in [2.24, 2.45) is 0 Å². The minimum Gasteiger partial charge on any atom is -0.462 e. The van der Waals surface area contributed by atoms with Gasteiger partial charge >= 0.3 is 17.9 Å². The smallest absolute Gasteiger partial charge is 0.309 e. The van der Waals surface area contributed by atoms with E-state index in [1.165, 1.54) is 70.6 Å². The van der Waals surface area contributed by atoms with Gasteiger partial charge in [-0.05, 0) is 96.3 Å². The summed E-state index contributed by atoms with van der Waals surface area (Å²) in [6.07, 6.45) is 60.0. The van der Waals surface area contributed by atoms with E-state index in [2.05, 4.69) is 106 Å². The molecule has 0 aliphatic carbocycles. The van der Waals surface area contributed by atoms with Gasteiger partial charge in [-0.3, -0.25) is 14.4 Å². The SMILES string of the molecule is CC/C=C\C/C=C\C/C=C\CC(=O)OCC(COC(=O)CCC/C=C\C/C=C\C/C=C\C/C=C\CCCCC)OC(=O)CCCCC/C=C\CCCCCCCCC. The van der Waals surface area contributed by atoms with Crippen LogP contribution in [0.25, 0.3) is 0 Å². The van der Waals surface area contributed by atoms with Gasteiger partial charge in [-0.15, -0.1) is 0 Å². The summed E-state index contributed by atoms with van der Waals surface area (Å²) in [6, 6.07) is 0. The Morgan fingerprint density at radius 3 is 1.31 bits per heavy atom. The highest BCUT2D eigenvalue weighted by Crippen LogP contribution is 2.11. The number of ether oxygens (including phenoxy) is 3. The van der Waals surface area contributed by atoms with Crippen LogP contribution in [0.3, 0.4) is 0 Å². The number of carbonyl (C=O) groups excluding carboxylic acids is 3. The zero-order valence-electron chi connectivity index (χ0n) is 37.3. The average molecular weight is 805 g/mol. The summed E-state index contributed by atoms with van der Waals surface area (Å²) in [5.41, 5.74) is 0. The zero-order chi connectivity index (χ0) is 42.3. The van der Waals surface area contributed by atoms with E-state index in [1.54, 1.807) is 6.08 Å². The average Bonchev–Trinajstić information content (AvgIpc) is 3.22. The molecule has 0 aromatic heterocycles. The summed E-state index contributed by atoms with van der Waals surface area (Å²) >= 11 is 0. The lowest BCUT2D eigenvalue weighted by molar-refractivity contribution is -0.166. The van der Waals surface area contributed by atoms with Crippen LogP contribution in [-0.4, -0.2) is 37.2 Å². The Hall–Kier alpha value is -3.67. The Bertz CT molecular complexity index is 1200. The van der Waals surface area contributed by atoms with Crippen molar-refractivity contribution < 1.29 is 28.6 Å². The van der Waals surface area contributed by atoms with Crippen LogP contribution in [0.1, 0.15) is 194 Å². The molecule has 0 aliphatic heterocycles. The molecule has 0 saturated carbocycles. The molecule has 0 aromatic carbocycles. The molecule has 328 valence electrons. The molecule has 58 heavy (non-hydrogen) atoms. The maximum atomic E-state index is 12.7. The molecule has 1 atom stereocenters. The number of rotatable bonds is 40. The Morgan fingerprint density at radius 1 is 0.379 bits per heavy atom. The van der Waals surface area contributed by atoms with Gasteiger partial charge in [0.1, 0.15) is 13.2 Å². The molecule has 0 N–H and O–H groups in total. The van der Waals surface area contributed by atoms with Crippen LogP contribution in [0, 0.1) is 0 Å². The van der Waals surface area contributed by atoms with E-state index in [4.69, 9.17) is 14.2 Å². The van der Waals surface area contributed by atoms with Gasteiger partial charge in [0.25, 0.3) is 0 Å². The number of hydrogen-bond donors (Lipinski definition) is 0. The van der Waals surface area contributed by atoms with Crippen LogP contribution in [0.4, 0.5) is 0 Å². The van der Waals surface area contributed by atoms with E-state index in [0.717, 1.165) is 77.0 Å². The van der Waals surface area contributed by atoms with E-state index in [9.17, 15) is 14.4 Å². The molecule has 0 rings (SSSR count). The van der Waals surface area contributed by atoms with Gasteiger partial charge in [0.05, 0.1) is 6.42 Å². The fourth-order valence-electron chi connectivity index (χ4n) is 5.84. The lowest BCUT2D eigenvalue weighted by atomic mass is 10.1. The fourth-order valence-corrected chi connectivity index (χ4v) is 5.84. The third-order valence-corrected chi connectivity index (χ3v) is 9.32. The van der Waals surface area contributed by atoms with Gasteiger partial charge in [0.15, 0.2) is 6.10 Å². The van der Waals surface area contributed by atoms with Crippen molar-refractivity contribution in [3.8, 4) is 0 Å². The minimum atomic E-state index is -0.841.